The van der Waals surface area contributed by atoms with Gasteiger partial charge in [0, 0.05) is 56.6 Å². The average molecular weight is 314 g/mol. The van der Waals surface area contributed by atoms with Crippen molar-refractivity contribution in [2.45, 2.75) is 43.7 Å². The van der Waals surface area contributed by atoms with Crippen molar-refractivity contribution in [3.05, 3.63) is 23.8 Å². The topological polar surface area (TPSA) is 49.9 Å². The first-order chi connectivity index (χ1) is 11.0. The maximum Gasteiger partial charge on any atom is 0.219 e. The number of rotatable bonds is 1. The van der Waals surface area contributed by atoms with Gasteiger partial charge in [-0.05, 0) is 18.1 Å². The van der Waals surface area contributed by atoms with Gasteiger partial charge in [-0.15, -0.1) is 0 Å². The number of likely N-dealkylation sites (tertiary alicyclic amines) is 1. The number of carbonyl (C=O) groups excluding carboxylic acids is 2. The number of fused-ring (bicyclic) bond motifs is 1. The molecule has 1 saturated carbocycles. The van der Waals surface area contributed by atoms with Crippen molar-refractivity contribution in [2.75, 3.05) is 25.6 Å². The minimum atomic E-state index is -0.115. The van der Waals surface area contributed by atoms with Crippen LogP contribution in [0.2, 0.25) is 0 Å². The fourth-order valence-corrected chi connectivity index (χ4v) is 5.13. The normalized spacial score (nSPS) is 31.7. The van der Waals surface area contributed by atoms with Crippen molar-refractivity contribution < 1.29 is 14.3 Å². The fraction of sp³-hybridized carbons (Fsp3) is 0.556. The van der Waals surface area contributed by atoms with Crippen molar-refractivity contribution in [1.82, 2.24) is 4.90 Å². The molecule has 1 aromatic carbocycles. The van der Waals surface area contributed by atoms with Crippen LogP contribution in [0.25, 0.3) is 0 Å². The quantitative estimate of drug-likeness (QED) is 0.792. The number of methoxy groups -OCH3 is 1. The maximum absolute atomic E-state index is 12.3. The van der Waals surface area contributed by atoms with Crippen LogP contribution in [-0.4, -0.2) is 49.4 Å². The Morgan fingerprint density at radius 2 is 2.04 bits per heavy atom. The highest BCUT2D eigenvalue weighted by atomic mass is 16.5. The number of hydrogen-bond donors (Lipinski definition) is 0. The molecule has 2 heterocycles. The highest BCUT2D eigenvalue weighted by molar-refractivity contribution is 5.87. The molecule has 2 fully saturated rings. The molecule has 1 saturated heterocycles. The van der Waals surface area contributed by atoms with Crippen molar-refractivity contribution in [2.24, 2.45) is 0 Å². The van der Waals surface area contributed by atoms with Crippen LogP contribution in [0, 0.1) is 0 Å². The molecule has 3 aliphatic rings. The van der Waals surface area contributed by atoms with Gasteiger partial charge in [-0.2, -0.15) is 0 Å². The summed E-state index contributed by atoms with van der Waals surface area (Å²) < 4.78 is 5.37. The predicted molar refractivity (Wildman–Crippen MR) is 86.9 cm³/mol. The molecule has 0 radical (unpaired) electrons. The van der Waals surface area contributed by atoms with E-state index in [9.17, 15) is 9.59 Å². The average Bonchev–Trinajstić information content (AvgIpc) is 3.02. The van der Waals surface area contributed by atoms with Crippen molar-refractivity contribution in [1.29, 1.82) is 0 Å². The summed E-state index contributed by atoms with van der Waals surface area (Å²) >= 11 is 0. The van der Waals surface area contributed by atoms with Gasteiger partial charge < -0.3 is 14.5 Å². The predicted octanol–water partition coefficient (Wildman–Crippen LogP) is 1.74. The lowest BCUT2D eigenvalue weighted by atomic mass is 9.64. The third-order valence-corrected chi connectivity index (χ3v) is 6.13. The Hall–Kier alpha value is -2.04. The van der Waals surface area contributed by atoms with E-state index < -0.39 is 0 Å². The third-order valence-electron chi connectivity index (χ3n) is 6.13. The Kier molecular flexibility index (Phi) is 2.99. The minimum absolute atomic E-state index is 0.0108. The summed E-state index contributed by atoms with van der Waals surface area (Å²) in [7, 11) is 3.73. The maximum atomic E-state index is 12.3. The van der Waals surface area contributed by atoms with E-state index >= 15 is 0 Å². The van der Waals surface area contributed by atoms with Crippen LogP contribution >= 0.6 is 0 Å². The van der Waals surface area contributed by atoms with Gasteiger partial charge in [0.2, 0.25) is 5.91 Å². The molecular weight excluding hydrogens is 292 g/mol. The summed E-state index contributed by atoms with van der Waals surface area (Å²) in [5.74, 6) is 1.16. The number of benzene rings is 1. The molecule has 0 aromatic heterocycles. The van der Waals surface area contributed by atoms with Crippen LogP contribution in [0.3, 0.4) is 0 Å². The van der Waals surface area contributed by atoms with Crippen LogP contribution in [0.1, 0.15) is 31.7 Å². The summed E-state index contributed by atoms with van der Waals surface area (Å²) in [6, 6.07) is 6.31. The molecule has 0 unspecified atom stereocenters. The Labute approximate surface area is 136 Å². The summed E-state index contributed by atoms with van der Waals surface area (Å²) in [4.78, 5) is 28.6. The van der Waals surface area contributed by atoms with Gasteiger partial charge in [0.15, 0.2) is 0 Å². The van der Waals surface area contributed by atoms with Gasteiger partial charge >= 0.3 is 0 Å². The van der Waals surface area contributed by atoms with E-state index in [4.69, 9.17) is 4.74 Å². The smallest absolute Gasteiger partial charge is 0.219 e. The zero-order valence-electron chi connectivity index (χ0n) is 13.8. The summed E-state index contributed by atoms with van der Waals surface area (Å²) in [6.07, 6.45) is 1.98. The summed E-state index contributed by atoms with van der Waals surface area (Å²) in [5.41, 5.74) is 2.29. The van der Waals surface area contributed by atoms with Gasteiger partial charge in [-0.25, -0.2) is 0 Å². The van der Waals surface area contributed by atoms with Crippen LogP contribution < -0.4 is 9.64 Å². The number of ether oxygens (including phenoxy) is 1. The van der Waals surface area contributed by atoms with Gasteiger partial charge in [0.1, 0.15) is 11.5 Å². The number of Topliss-reactive ketones (excluding diaryl/α,β-unsaturated/α-hetero) is 1. The molecule has 1 amide bonds. The molecule has 5 heteroatoms. The SMILES string of the molecule is COc1ccc2c(c1)N(C)[C@H]1CC(=O)C[C@@H]3N(C(C)=O)CC[C@@]231. The Balaban J connectivity index is 1.89. The fourth-order valence-electron chi connectivity index (χ4n) is 5.13. The molecule has 0 bridgehead atoms. The van der Waals surface area contributed by atoms with E-state index in [1.54, 1.807) is 14.0 Å². The lowest BCUT2D eigenvalue weighted by molar-refractivity contribution is -0.132. The Bertz CT molecular complexity index is 702. The van der Waals surface area contributed by atoms with Gasteiger partial charge in [0.25, 0.3) is 0 Å². The highest BCUT2D eigenvalue weighted by Gasteiger charge is 2.62. The van der Waals surface area contributed by atoms with Crippen molar-refractivity contribution in [3.8, 4) is 5.75 Å². The molecule has 1 aliphatic carbocycles. The number of likely N-dealkylation sites (N-methyl/N-ethyl adjacent to an activating group) is 1. The van der Waals surface area contributed by atoms with E-state index in [2.05, 4.69) is 24.1 Å². The molecule has 122 valence electrons. The van der Waals surface area contributed by atoms with Crippen LogP contribution in [0.5, 0.6) is 5.75 Å². The number of carbonyl (C=O) groups is 2. The Morgan fingerprint density at radius 3 is 2.74 bits per heavy atom. The minimum Gasteiger partial charge on any atom is -0.497 e. The second-order valence-corrected chi connectivity index (χ2v) is 6.98. The molecule has 1 aromatic rings. The van der Waals surface area contributed by atoms with E-state index in [0.717, 1.165) is 24.4 Å². The van der Waals surface area contributed by atoms with Gasteiger partial charge in [0.05, 0.1) is 13.2 Å². The number of anilines is 1. The molecule has 4 rings (SSSR count). The molecule has 3 atom stereocenters. The van der Waals surface area contributed by atoms with Crippen LogP contribution in [0.4, 0.5) is 5.69 Å². The molecule has 1 spiro atoms. The van der Waals surface area contributed by atoms with E-state index in [1.807, 2.05) is 11.0 Å². The lowest BCUT2D eigenvalue weighted by Gasteiger charge is -2.44. The zero-order valence-corrected chi connectivity index (χ0v) is 13.8. The zero-order chi connectivity index (χ0) is 16.4. The first kappa shape index (κ1) is 14.5. The largest absolute Gasteiger partial charge is 0.497 e. The van der Waals surface area contributed by atoms with Gasteiger partial charge in [-0.3, -0.25) is 9.59 Å². The van der Waals surface area contributed by atoms with Gasteiger partial charge in [-0.1, -0.05) is 6.07 Å². The summed E-state index contributed by atoms with van der Waals surface area (Å²) in [6.45, 7) is 2.35. The van der Waals surface area contributed by atoms with Crippen LogP contribution in [-0.2, 0) is 15.0 Å². The third kappa shape index (κ3) is 1.73. The molecule has 2 aliphatic heterocycles. The first-order valence-electron chi connectivity index (χ1n) is 8.19. The molecule has 0 N–H and O–H groups in total. The molecule has 23 heavy (non-hydrogen) atoms. The van der Waals surface area contributed by atoms with Crippen LogP contribution in [0.15, 0.2) is 18.2 Å². The van der Waals surface area contributed by atoms with E-state index in [-0.39, 0.29) is 29.2 Å². The van der Waals surface area contributed by atoms with E-state index in [1.165, 1.54) is 5.56 Å². The van der Waals surface area contributed by atoms with Crippen molar-refractivity contribution in [3.63, 3.8) is 0 Å². The second-order valence-electron chi connectivity index (χ2n) is 6.98. The Morgan fingerprint density at radius 1 is 1.30 bits per heavy atom. The number of hydrogen-bond acceptors (Lipinski definition) is 4. The monoisotopic (exact) mass is 314 g/mol. The standard InChI is InChI=1S/C18H22N2O3/c1-11(21)20-7-6-18-14-5-4-13(23-3)10-15(14)19(2)16(18)8-12(22)9-17(18)20/h4-5,10,16-17H,6-9H2,1-3H3/t16-,17-,18-/m0/s1. The number of nitrogens with zero attached hydrogens (tertiary/aromatic N) is 2. The number of amides is 1. The summed E-state index contributed by atoms with van der Waals surface area (Å²) in [5, 5.41) is 0. The van der Waals surface area contributed by atoms with E-state index in [0.29, 0.717) is 12.8 Å². The lowest BCUT2D eigenvalue weighted by Crippen LogP contribution is -2.57. The highest BCUT2D eigenvalue weighted by Crippen LogP contribution is 2.57. The van der Waals surface area contributed by atoms with Crippen molar-refractivity contribution >= 4 is 17.4 Å². The molecule has 5 nitrogen and oxygen atoms in total. The second kappa shape index (κ2) is 4.73. The first-order valence-corrected chi connectivity index (χ1v) is 8.19. The molecular formula is C18H22N2O3. The number of ketones is 1.